The van der Waals surface area contributed by atoms with Crippen LogP contribution in [0.15, 0.2) is 54.7 Å². The Hall–Kier alpha value is -2.75. The van der Waals surface area contributed by atoms with Crippen LogP contribution < -0.4 is 11.1 Å². The number of hydrogen-bond donors (Lipinski definition) is 2. The number of nitrogens with two attached hydrogens (primary N) is 1. The van der Waals surface area contributed by atoms with Crippen LogP contribution in [0.2, 0.25) is 0 Å². The van der Waals surface area contributed by atoms with Crippen LogP contribution in [-0.2, 0) is 11.3 Å². The molecule has 1 heterocycles. The lowest BCUT2D eigenvalue weighted by Crippen LogP contribution is -2.19. The maximum atomic E-state index is 12.2. The number of nitrogen functional groups attached to an aromatic ring is 1. The molecule has 0 fully saturated rings. The molecule has 0 aliphatic carbocycles. The van der Waals surface area contributed by atoms with Gasteiger partial charge in [0.1, 0.15) is 6.54 Å². The highest BCUT2D eigenvalue weighted by molar-refractivity contribution is 5.95. The van der Waals surface area contributed by atoms with E-state index >= 15 is 0 Å². The molecular weight excluding hydrogens is 262 g/mol. The molecule has 0 bridgehead atoms. The van der Waals surface area contributed by atoms with E-state index in [0.29, 0.717) is 11.4 Å². The number of carbonyl (C=O) groups is 1. The molecule has 21 heavy (non-hydrogen) atoms. The Labute approximate surface area is 123 Å². The molecule has 3 N–H and O–H groups in total. The Balaban J connectivity index is 1.81. The first-order valence-electron chi connectivity index (χ1n) is 6.84. The molecule has 1 aromatic heterocycles. The number of aryl methyl sites for hydroxylation is 1. The Bertz CT molecular complexity index is 784. The van der Waals surface area contributed by atoms with Crippen molar-refractivity contribution in [3.63, 3.8) is 0 Å². The van der Waals surface area contributed by atoms with E-state index in [1.807, 2.05) is 60.2 Å². The second-order valence-corrected chi connectivity index (χ2v) is 5.09. The molecule has 3 aromatic rings. The van der Waals surface area contributed by atoms with Gasteiger partial charge in [0.2, 0.25) is 5.91 Å². The average Bonchev–Trinajstić information content (AvgIpc) is 2.87. The van der Waals surface area contributed by atoms with Gasteiger partial charge in [-0.2, -0.15) is 0 Å². The standard InChI is InChI=1S/C17H17N3O/c1-12-5-4-7-14(18)17(12)19-16(21)11-20-10-9-13-6-2-3-8-15(13)20/h2-10H,11,18H2,1H3,(H,19,21). The molecule has 4 heteroatoms. The van der Waals surface area contributed by atoms with Crippen molar-refractivity contribution in [2.45, 2.75) is 13.5 Å². The maximum Gasteiger partial charge on any atom is 0.244 e. The van der Waals surface area contributed by atoms with E-state index in [1.54, 1.807) is 6.07 Å². The van der Waals surface area contributed by atoms with E-state index < -0.39 is 0 Å². The van der Waals surface area contributed by atoms with Crippen molar-refractivity contribution >= 4 is 28.2 Å². The summed E-state index contributed by atoms with van der Waals surface area (Å²) < 4.78 is 1.93. The molecule has 0 atom stereocenters. The van der Waals surface area contributed by atoms with Crippen LogP contribution in [0.4, 0.5) is 11.4 Å². The fraction of sp³-hybridized carbons (Fsp3) is 0.118. The van der Waals surface area contributed by atoms with E-state index in [4.69, 9.17) is 5.73 Å². The molecule has 3 rings (SSSR count). The van der Waals surface area contributed by atoms with Crippen LogP contribution in [0.25, 0.3) is 10.9 Å². The van der Waals surface area contributed by atoms with E-state index in [9.17, 15) is 4.79 Å². The van der Waals surface area contributed by atoms with Crippen molar-refractivity contribution in [2.75, 3.05) is 11.1 Å². The molecule has 0 spiro atoms. The lowest BCUT2D eigenvalue weighted by molar-refractivity contribution is -0.116. The Morgan fingerprint density at radius 1 is 1.14 bits per heavy atom. The van der Waals surface area contributed by atoms with Gasteiger partial charge < -0.3 is 15.6 Å². The van der Waals surface area contributed by atoms with Crippen LogP contribution in [0, 0.1) is 6.92 Å². The normalized spacial score (nSPS) is 10.7. The second kappa shape index (κ2) is 5.32. The number of nitrogens with one attached hydrogen (secondary N) is 1. The molecule has 0 aliphatic heterocycles. The molecule has 0 unspecified atom stereocenters. The Morgan fingerprint density at radius 2 is 1.95 bits per heavy atom. The summed E-state index contributed by atoms with van der Waals surface area (Å²) in [5, 5.41) is 4.02. The van der Waals surface area contributed by atoms with Gasteiger partial charge in [-0.3, -0.25) is 4.79 Å². The number of rotatable bonds is 3. The number of anilines is 2. The van der Waals surface area contributed by atoms with Gasteiger partial charge in [0.05, 0.1) is 11.4 Å². The monoisotopic (exact) mass is 279 g/mol. The van der Waals surface area contributed by atoms with Crippen LogP contribution in [-0.4, -0.2) is 10.5 Å². The van der Waals surface area contributed by atoms with Gasteiger partial charge in [-0.05, 0) is 36.1 Å². The average molecular weight is 279 g/mol. The summed E-state index contributed by atoms with van der Waals surface area (Å²) in [6, 6.07) is 15.6. The summed E-state index contributed by atoms with van der Waals surface area (Å²) in [6.45, 7) is 2.19. The summed E-state index contributed by atoms with van der Waals surface area (Å²) in [6.07, 6.45) is 1.92. The van der Waals surface area contributed by atoms with Gasteiger partial charge in [0.15, 0.2) is 0 Å². The summed E-state index contributed by atoms with van der Waals surface area (Å²) in [5.41, 5.74) is 9.20. The minimum absolute atomic E-state index is 0.0858. The molecule has 2 aromatic carbocycles. The molecule has 0 saturated heterocycles. The summed E-state index contributed by atoms with van der Waals surface area (Å²) in [4.78, 5) is 12.2. The quantitative estimate of drug-likeness (QED) is 0.723. The third-order valence-corrected chi connectivity index (χ3v) is 3.56. The summed E-state index contributed by atoms with van der Waals surface area (Å²) >= 11 is 0. The fourth-order valence-electron chi connectivity index (χ4n) is 2.47. The highest BCUT2D eigenvalue weighted by Crippen LogP contribution is 2.22. The largest absolute Gasteiger partial charge is 0.397 e. The molecule has 4 nitrogen and oxygen atoms in total. The molecule has 1 amide bonds. The van der Waals surface area contributed by atoms with Crippen LogP contribution in [0.3, 0.4) is 0 Å². The molecule has 106 valence electrons. The van der Waals surface area contributed by atoms with E-state index in [2.05, 4.69) is 5.32 Å². The first kappa shape index (κ1) is 13.2. The van der Waals surface area contributed by atoms with Gasteiger partial charge in [-0.1, -0.05) is 30.3 Å². The number of benzene rings is 2. The first-order chi connectivity index (χ1) is 10.1. The van der Waals surface area contributed by atoms with Crippen molar-refractivity contribution in [3.05, 3.63) is 60.3 Å². The van der Waals surface area contributed by atoms with Crippen molar-refractivity contribution in [1.29, 1.82) is 0 Å². The van der Waals surface area contributed by atoms with Gasteiger partial charge in [-0.15, -0.1) is 0 Å². The van der Waals surface area contributed by atoms with Crippen molar-refractivity contribution in [3.8, 4) is 0 Å². The predicted octanol–water partition coefficient (Wildman–Crippen LogP) is 3.17. The molecule has 0 radical (unpaired) electrons. The van der Waals surface area contributed by atoms with E-state index in [1.165, 1.54) is 0 Å². The zero-order chi connectivity index (χ0) is 14.8. The maximum absolute atomic E-state index is 12.2. The van der Waals surface area contributed by atoms with E-state index in [0.717, 1.165) is 16.5 Å². The van der Waals surface area contributed by atoms with Crippen molar-refractivity contribution < 1.29 is 4.79 Å². The van der Waals surface area contributed by atoms with Crippen LogP contribution in [0.1, 0.15) is 5.56 Å². The van der Waals surface area contributed by atoms with Crippen LogP contribution >= 0.6 is 0 Å². The molecule has 0 saturated carbocycles. The third kappa shape index (κ3) is 2.60. The highest BCUT2D eigenvalue weighted by atomic mass is 16.1. The Kier molecular flexibility index (Phi) is 3.36. The number of hydrogen-bond acceptors (Lipinski definition) is 2. The van der Waals surface area contributed by atoms with Gasteiger partial charge in [-0.25, -0.2) is 0 Å². The zero-order valence-electron chi connectivity index (χ0n) is 11.8. The predicted molar refractivity (Wildman–Crippen MR) is 86.2 cm³/mol. The number of carbonyl (C=O) groups excluding carboxylic acids is 1. The van der Waals surface area contributed by atoms with Gasteiger partial charge in [0, 0.05) is 11.7 Å². The topological polar surface area (TPSA) is 60.0 Å². The van der Waals surface area contributed by atoms with Gasteiger partial charge >= 0.3 is 0 Å². The second-order valence-electron chi connectivity index (χ2n) is 5.09. The number of amides is 1. The van der Waals surface area contributed by atoms with Crippen LogP contribution in [0.5, 0.6) is 0 Å². The lowest BCUT2D eigenvalue weighted by atomic mass is 10.1. The van der Waals surface area contributed by atoms with Gasteiger partial charge in [0.25, 0.3) is 0 Å². The number of fused-ring (bicyclic) bond motifs is 1. The third-order valence-electron chi connectivity index (χ3n) is 3.56. The fourth-order valence-corrected chi connectivity index (χ4v) is 2.47. The number of nitrogens with zero attached hydrogens (tertiary/aromatic N) is 1. The molecule has 0 aliphatic rings. The highest BCUT2D eigenvalue weighted by Gasteiger charge is 2.09. The minimum atomic E-state index is -0.0858. The van der Waals surface area contributed by atoms with E-state index in [-0.39, 0.29) is 12.5 Å². The Morgan fingerprint density at radius 3 is 2.76 bits per heavy atom. The lowest BCUT2D eigenvalue weighted by Gasteiger charge is -2.12. The first-order valence-corrected chi connectivity index (χ1v) is 6.84. The SMILES string of the molecule is Cc1cccc(N)c1NC(=O)Cn1ccc2ccccc21. The zero-order valence-corrected chi connectivity index (χ0v) is 11.8. The summed E-state index contributed by atoms with van der Waals surface area (Å²) in [7, 11) is 0. The van der Waals surface area contributed by atoms with Crippen molar-refractivity contribution in [1.82, 2.24) is 4.57 Å². The number of aromatic nitrogens is 1. The number of para-hydroxylation sites is 2. The molecular formula is C17H17N3O. The minimum Gasteiger partial charge on any atom is -0.397 e. The van der Waals surface area contributed by atoms with Crippen molar-refractivity contribution in [2.24, 2.45) is 0 Å². The smallest absolute Gasteiger partial charge is 0.244 e. The summed E-state index contributed by atoms with van der Waals surface area (Å²) in [5.74, 6) is -0.0858.